The highest BCUT2D eigenvalue weighted by molar-refractivity contribution is 7.07. The molecule has 0 unspecified atom stereocenters. The van der Waals surface area contributed by atoms with E-state index in [1.165, 1.54) is 5.38 Å². The van der Waals surface area contributed by atoms with Gasteiger partial charge in [0.05, 0.1) is 5.38 Å². The van der Waals surface area contributed by atoms with Crippen molar-refractivity contribution >= 4 is 17.3 Å². The van der Waals surface area contributed by atoms with Gasteiger partial charge in [-0.05, 0) is 0 Å². The smallest absolute Gasteiger partial charge is 0.505 e. The summed E-state index contributed by atoms with van der Waals surface area (Å²) in [6.07, 6.45) is 0.973. The second kappa shape index (κ2) is 2.54. The maximum absolute atomic E-state index is 12.4. The fourth-order valence-corrected chi connectivity index (χ4v) is 1.11. The zero-order valence-electron chi connectivity index (χ0n) is 5.16. The number of carboxylic acids is 1. The summed E-state index contributed by atoms with van der Waals surface area (Å²) in [6, 6.07) is -3.94. The van der Waals surface area contributed by atoms with Crippen LogP contribution in [0.2, 0.25) is 0 Å². The van der Waals surface area contributed by atoms with Crippen LogP contribution in [-0.2, 0) is 10.8 Å². The Labute approximate surface area is 64.5 Å². The molecule has 0 saturated heterocycles. The van der Waals surface area contributed by atoms with Gasteiger partial charge in [-0.15, -0.1) is 13.3 Å². The molecule has 0 radical (unpaired) electrons. The van der Waals surface area contributed by atoms with Gasteiger partial charge in [-0.25, -0.2) is 0 Å². The summed E-state index contributed by atoms with van der Waals surface area (Å²) in [7, 11) is 0. The molecule has 0 atom stereocenters. The van der Waals surface area contributed by atoms with E-state index in [9.17, 15) is 18.7 Å². The first-order valence-electron chi connectivity index (χ1n) is 2.58. The van der Waals surface area contributed by atoms with Gasteiger partial charge in [0, 0.05) is 0 Å². The van der Waals surface area contributed by atoms with Crippen LogP contribution in [0.3, 0.4) is 0 Å². The molecule has 0 saturated carbocycles. The number of aromatic nitrogens is 1. The van der Waals surface area contributed by atoms with Gasteiger partial charge in [0.25, 0.3) is 0 Å². The van der Waals surface area contributed by atoms with E-state index in [0.29, 0.717) is 0 Å². The maximum atomic E-state index is 12.4. The Kier molecular flexibility index (Phi) is 1.86. The van der Waals surface area contributed by atoms with Crippen LogP contribution in [0.5, 0.6) is 0 Å². The third kappa shape index (κ3) is 1.35. The zero-order valence-corrected chi connectivity index (χ0v) is 5.98. The fourth-order valence-electron chi connectivity index (χ4n) is 0.502. The van der Waals surface area contributed by atoms with Gasteiger partial charge in [0.2, 0.25) is 5.51 Å². The van der Waals surface area contributed by atoms with Crippen molar-refractivity contribution < 1.29 is 23.2 Å². The van der Waals surface area contributed by atoms with Crippen molar-refractivity contribution in [2.75, 3.05) is 0 Å². The van der Waals surface area contributed by atoms with Crippen molar-refractivity contribution in [3.05, 3.63) is 17.1 Å². The highest BCUT2D eigenvalue weighted by Gasteiger charge is 2.43. The second-order valence-corrected chi connectivity index (χ2v) is 2.52. The summed E-state index contributed by atoms with van der Waals surface area (Å²) >= 11 is 0.976. The molecule has 0 N–H and O–H groups in total. The fraction of sp³-hybridized carbons (Fsp3) is 0.200. The molecule has 0 amide bonds. The summed E-state index contributed by atoms with van der Waals surface area (Å²) in [6.45, 7) is 0. The Morgan fingerprint density at radius 3 is 2.64 bits per heavy atom. The van der Waals surface area contributed by atoms with Gasteiger partial charge < -0.3 is 9.90 Å². The molecule has 0 fully saturated rings. The van der Waals surface area contributed by atoms with Crippen molar-refractivity contribution in [2.45, 2.75) is 6.05 Å². The van der Waals surface area contributed by atoms with Crippen LogP contribution in [0.25, 0.3) is 0 Å². The topological polar surface area (TPSA) is 44.0 Å². The predicted molar refractivity (Wildman–Crippen MR) is 29.7 cm³/mol. The van der Waals surface area contributed by atoms with Crippen LogP contribution in [0.4, 0.5) is 8.78 Å². The lowest BCUT2D eigenvalue weighted by atomic mass is 10.5. The van der Waals surface area contributed by atoms with E-state index in [0.717, 1.165) is 23.0 Å². The molecule has 1 heterocycles. The summed E-state index contributed by atoms with van der Waals surface area (Å²) in [4.78, 5) is 9.84. The van der Waals surface area contributed by atoms with Gasteiger partial charge in [-0.2, -0.15) is 0 Å². The van der Waals surface area contributed by atoms with Crippen molar-refractivity contribution in [1.29, 1.82) is 0 Å². The SMILES string of the molecule is O=C([O-])C(F)(F)[n+]1ccsc1. The highest BCUT2D eigenvalue weighted by atomic mass is 32.1. The summed E-state index contributed by atoms with van der Waals surface area (Å²) in [5.41, 5.74) is 0.996. The quantitative estimate of drug-likeness (QED) is 0.565. The number of halogens is 2. The number of hydrogen-bond donors (Lipinski definition) is 0. The lowest BCUT2D eigenvalue weighted by molar-refractivity contribution is -0.807. The molecule has 6 heteroatoms. The molecule has 0 aliphatic heterocycles. The number of hydrogen-bond acceptors (Lipinski definition) is 3. The van der Waals surface area contributed by atoms with Crippen molar-refractivity contribution in [3.63, 3.8) is 0 Å². The Hall–Kier alpha value is -1.04. The second-order valence-electron chi connectivity index (χ2n) is 1.76. The molecular weight excluding hydrogens is 176 g/mol. The average molecular weight is 179 g/mol. The first kappa shape index (κ1) is 8.06. The van der Waals surface area contributed by atoms with Crippen LogP contribution in [0.15, 0.2) is 17.1 Å². The maximum Gasteiger partial charge on any atom is 0.505 e. The molecule has 11 heavy (non-hydrogen) atoms. The van der Waals surface area contributed by atoms with Crippen LogP contribution >= 0.6 is 11.3 Å². The first-order valence-corrected chi connectivity index (χ1v) is 3.52. The largest absolute Gasteiger partial charge is 0.539 e. The number of carbonyl (C=O) groups excluding carboxylic acids is 1. The zero-order chi connectivity index (χ0) is 8.48. The molecule has 3 nitrogen and oxygen atoms in total. The Balaban J connectivity index is 3.00. The Morgan fingerprint density at radius 2 is 2.27 bits per heavy atom. The Bertz CT molecular complexity index is 259. The minimum Gasteiger partial charge on any atom is -0.539 e. The molecule has 0 aliphatic carbocycles. The standard InChI is InChI=1S/C5H3F2NO2S/c6-5(7,4(9)10)8-1-2-11-3-8/h1-3H. The molecule has 0 aliphatic rings. The third-order valence-electron chi connectivity index (χ3n) is 1.04. The summed E-state index contributed by atoms with van der Waals surface area (Å²) < 4.78 is 25.1. The molecule has 0 spiro atoms. The van der Waals surface area contributed by atoms with E-state index in [1.54, 1.807) is 0 Å². The predicted octanol–water partition coefficient (Wildman–Crippen LogP) is -0.665. The van der Waals surface area contributed by atoms with Crippen LogP contribution < -0.4 is 9.67 Å². The van der Waals surface area contributed by atoms with Crippen molar-refractivity contribution in [3.8, 4) is 0 Å². The third-order valence-corrected chi connectivity index (χ3v) is 1.67. The number of aliphatic carboxylic acids is 1. The Morgan fingerprint density at radius 1 is 1.64 bits per heavy atom. The van der Waals surface area contributed by atoms with Gasteiger partial charge in [-0.3, -0.25) is 0 Å². The molecule has 60 valence electrons. The number of carbonyl (C=O) groups is 1. The van der Waals surface area contributed by atoms with E-state index in [4.69, 9.17) is 0 Å². The first-order chi connectivity index (χ1) is 5.05. The van der Waals surface area contributed by atoms with Crippen LogP contribution in [-0.4, -0.2) is 5.97 Å². The van der Waals surface area contributed by atoms with Gasteiger partial charge in [0.15, 0.2) is 12.2 Å². The molecule has 0 aromatic carbocycles. The summed E-state index contributed by atoms with van der Waals surface area (Å²) in [5, 5.41) is 11.2. The monoisotopic (exact) mass is 179 g/mol. The molecule has 1 aromatic rings. The number of nitrogens with zero attached hydrogens (tertiary/aromatic N) is 1. The number of alkyl halides is 2. The molecular formula is C5H3F2NO2S. The molecule has 1 aromatic heterocycles. The minimum absolute atomic E-state index is 0.285. The average Bonchev–Trinajstić information content (AvgIpc) is 2.37. The molecule has 0 bridgehead atoms. The van der Waals surface area contributed by atoms with Crippen LogP contribution in [0.1, 0.15) is 0 Å². The minimum atomic E-state index is -3.94. The lowest BCUT2D eigenvalue weighted by Crippen LogP contribution is -2.58. The highest BCUT2D eigenvalue weighted by Crippen LogP contribution is 2.11. The normalized spacial score (nSPS) is 11.5. The van der Waals surface area contributed by atoms with E-state index in [2.05, 4.69) is 0 Å². The van der Waals surface area contributed by atoms with E-state index in [1.807, 2.05) is 0 Å². The van der Waals surface area contributed by atoms with Crippen LogP contribution in [0, 0.1) is 0 Å². The number of carboxylic acid groups (broad SMARTS) is 1. The van der Waals surface area contributed by atoms with Gasteiger partial charge >= 0.3 is 6.05 Å². The van der Waals surface area contributed by atoms with E-state index < -0.39 is 12.0 Å². The van der Waals surface area contributed by atoms with Crippen molar-refractivity contribution in [2.24, 2.45) is 0 Å². The number of thiazole rings is 1. The van der Waals surface area contributed by atoms with Gasteiger partial charge in [0.1, 0.15) is 0 Å². The molecule has 1 rings (SSSR count). The lowest BCUT2D eigenvalue weighted by Gasteiger charge is -2.07. The van der Waals surface area contributed by atoms with Crippen molar-refractivity contribution in [1.82, 2.24) is 0 Å². The number of rotatable bonds is 2. The van der Waals surface area contributed by atoms with E-state index in [-0.39, 0.29) is 4.57 Å². The van der Waals surface area contributed by atoms with Gasteiger partial charge in [-0.1, -0.05) is 11.3 Å². The van der Waals surface area contributed by atoms with E-state index >= 15 is 0 Å². The summed E-state index contributed by atoms with van der Waals surface area (Å²) in [5.74, 6) is -2.40.